The van der Waals surface area contributed by atoms with Crippen LogP contribution in [-0.2, 0) is 4.74 Å². The van der Waals surface area contributed by atoms with Gasteiger partial charge in [-0.15, -0.1) is 0 Å². The van der Waals surface area contributed by atoms with Gasteiger partial charge < -0.3 is 25.0 Å². The molecule has 0 heterocycles. The molecule has 3 N–H and O–H groups in total. The predicted octanol–water partition coefficient (Wildman–Crippen LogP) is 1.72. The van der Waals surface area contributed by atoms with Crippen LogP contribution in [0.5, 0.6) is 5.75 Å². The van der Waals surface area contributed by atoms with Crippen molar-refractivity contribution in [1.82, 2.24) is 5.32 Å². The molecule has 0 saturated carbocycles. The second-order valence-electron chi connectivity index (χ2n) is 4.61. The Bertz CT molecular complexity index is 414. The normalized spacial score (nSPS) is 14.0. The van der Waals surface area contributed by atoms with Gasteiger partial charge in [0.2, 0.25) is 0 Å². The maximum absolute atomic E-state index is 9.89. The predicted molar refractivity (Wildman–Crippen MR) is 83.3 cm³/mol. The van der Waals surface area contributed by atoms with Crippen molar-refractivity contribution >= 4 is 23.2 Å². The van der Waals surface area contributed by atoms with Gasteiger partial charge in [-0.2, -0.15) is 0 Å². The maximum Gasteiger partial charge on any atom is 0.139 e. The number of rotatable bonds is 10. The standard InChI is InChI=1S/C14H21Cl2NO4/c1-20-8-11(4-5-18)17-7-12(19)9-21-14-6-10(15)2-3-13(14)16/h2-3,6,11-12,17-19H,4-5,7-9H2,1H3. The van der Waals surface area contributed by atoms with Crippen molar-refractivity contribution in [2.45, 2.75) is 18.6 Å². The van der Waals surface area contributed by atoms with Gasteiger partial charge in [-0.1, -0.05) is 23.2 Å². The molecule has 5 nitrogen and oxygen atoms in total. The Morgan fingerprint density at radius 2 is 2.05 bits per heavy atom. The van der Waals surface area contributed by atoms with E-state index in [0.29, 0.717) is 35.4 Å². The van der Waals surface area contributed by atoms with Crippen molar-refractivity contribution in [2.24, 2.45) is 0 Å². The molecule has 1 rings (SSSR count). The van der Waals surface area contributed by atoms with Gasteiger partial charge in [-0.25, -0.2) is 0 Å². The first kappa shape index (κ1) is 18.5. The Balaban J connectivity index is 2.36. The van der Waals surface area contributed by atoms with Crippen LogP contribution in [0.1, 0.15) is 6.42 Å². The molecular weight excluding hydrogens is 317 g/mol. The number of nitrogens with one attached hydrogen (secondary N) is 1. The highest BCUT2D eigenvalue weighted by atomic mass is 35.5. The third-order valence-corrected chi connectivity index (χ3v) is 3.36. The van der Waals surface area contributed by atoms with E-state index in [1.165, 1.54) is 0 Å². The fraction of sp³-hybridized carbons (Fsp3) is 0.571. The third-order valence-electron chi connectivity index (χ3n) is 2.81. The second-order valence-corrected chi connectivity index (χ2v) is 5.46. The minimum Gasteiger partial charge on any atom is -0.489 e. The highest BCUT2D eigenvalue weighted by molar-refractivity contribution is 6.34. The molecule has 0 radical (unpaired) electrons. The van der Waals surface area contributed by atoms with E-state index in [2.05, 4.69) is 5.32 Å². The summed E-state index contributed by atoms with van der Waals surface area (Å²) >= 11 is 11.8. The summed E-state index contributed by atoms with van der Waals surface area (Å²) in [7, 11) is 1.59. The zero-order valence-corrected chi connectivity index (χ0v) is 13.4. The van der Waals surface area contributed by atoms with Crippen molar-refractivity contribution in [3.63, 3.8) is 0 Å². The second kappa shape index (κ2) is 10.2. The lowest BCUT2D eigenvalue weighted by atomic mass is 10.2. The van der Waals surface area contributed by atoms with Gasteiger partial charge in [-0.05, 0) is 18.6 Å². The van der Waals surface area contributed by atoms with Gasteiger partial charge in [0.25, 0.3) is 0 Å². The van der Waals surface area contributed by atoms with Crippen LogP contribution in [-0.4, -0.2) is 55.8 Å². The largest absolute Gasteiger partial charge is 0.489 e. The highest BCUT2D eigenvalue weighted by Gasteiger charge is 2.12. The van der Waals surface area contributed by atoms with Crippen molar-refractivity contribution < 1.29 is 19.7 Å². The molecule has 120 valence electrons. The molecule has 0 fully saturated rings. The van der Waals surface area contributed by atoms with Crippen LogP contribution in [0.15, 0.2) is 18.2 Å². The van der Waals surface area contributed by atoms with E-state index in [0.717, 1.165) is 0 Å². The average molecular weight is 338 g/mol. The number of hydrogen-bond donors (Lipinski definition) is 3. The van der Waals surface area contributed by atoms with E-state index >= 15 is 0 Å². The van der Waals surface area contributed by atoms with Crippen LogP contribution in [0.4, 0.5) is 0 Å². The minimum atomic E-state index is -0.710. The number of benzene rings is 1. The molecule has 0 amide bonds. The van der Waals surface area contributed by atoms with E-state index in [1.807, 2.05) is 0 Å². The van der Waals surface area contributed by atoms with Gasteiger partial charge in [0.1, 0.15) is 18.5 Å². The van der Waals surface area contributed by atoms with Crippen LogP contribution in [0.3, 0.4) is 0 Å². The number of hydrogen-bond acceptors (Lipinski definition) is 5. The van der Waals surface area contributed by atoms with Crippen LogP contribution >= 0.6 is 23.2 Å². The molecule has 0 aromatic heterocycles. The van der Waals surface area contributed by atoms with E-state index in [1.54, 1.807) is 25.3 Å². The summed E-state index contributed by atoms with van der Waals surface area (Å²) in [6.07, 6.45) is -0.153. The summed E-state index contributed by atoms with van der Waals surface area (Å²) in [6.45, 7) is 0.943. The molecule has 7 heteroatoms. The van der Waals surface area contributed by atoms with Crippen LogP contribution in [0.25, 0.3) is 0 Å². The van der Waals surface area contributed by atoms with E-state index in [4.69, 9.17) is 37.8 Å². The summed E-state index contributed by atoms with van der Waals surface area (Å²) in [5.74, 6) is 0.437. The lowest BCUT2D eigenvalue weighted by Gasteiger charge is -2.19. The maximum atomic E-state index is 9.89. The number of halogens is 2. The molecule has 2 unspecified atom stereocenters. The highest BCUT2D eigenvalue weighted by Crippen LogP contribution is 2.27. The smallest absolute Gasteiger partial charge is 0.139 e. The summed E-state index contributed by atoms with van der Waals surface area (Å²) < 4.78 is 10.5. The molecule has 21 heavy (non-hydrogen) atoms. The molecule has 1 aromatic rings. The molecule has 0 aliphatic heterocycles. The fourth-order valence-electron chi connectivity index (χ4n) is 1.74. The molecule has 0 bridgehead atoms. The molecule has 1 aromatic carbocycles. The van der Waals surface area contributed by atoms with Crippen LogP contribution < -0.4 is 10.1 Å². The zero-order valence-electron chi connectivity index (χ0n) is 11.9. The molecule has 2 atom stereocenters. The molecule has 0 aliphatic rings. The van der Waals surface area contributed by atoms with Crippen molar-refractivity contribution in [2.75, 3.05) is 33.5 Å². The van der Waals surface area contributed by atoms with Gasteiger partial charge >= 0.3 is 0 Å². The summed E-state index contributed by atoms with van der Waals surface area (Å²) in [5.41, 5.74) is 0. The van der Waals surface area contributed by atoms with Gasteiger partial charge in [0, 0.05) is 37.4 Å². The first-order chi connectivity index (χ1) is 10.1. The van der Waals surface area contributed by atoms with Crippen LogP contribution in [0.2, 0.25) is 10.0 Å². The Hall–Kier alpha value is -0.560. The van der Waals surface area contributed by atoms with Crippen molar-refractivity contribution in [3.8, 4) is 5.75 Å². The van der Waals surface area contributed by atoms with Crippen molar-refractivity contribution in [1.29, 1.82) is 0 Å². The lowest BCUT2D eigenvalue weighted by molar-refractivity contribution is 0.0920. The Labute approximate surface area is 134 Å². The quantitative estimate of drug-likeness (QED) is 0.606. The monoisotopic (exact) mass is 337 g/mol. The average Bonchev–Trinajstić information content (AvgIpc) is 2.46. The fourth-order valence-corrected chi connectivity index (χ4v) is 2.07. The Kier molecular flexibility index (Phi) is 8.99. The van der Waals surface area contributed by atoms with Gasteiger partial charge in [0.05, 0.1) is 11.6 Å². The Morgan fingerprint density at radius 3 is 2.71 bits per heavy atom. The summed E-state index contributed by atoms with van der Waals surface area (Å²) in [5, 5.41) is 22.9. The summed E-state index contributed by atoms with van der Waals surface area (Å²) in [6, 6.07) is 4.90. The first-order valence-corrected chi connectivity index (χ1v) is 7.41. The number of aliphatic hydroxyl groups is 2. The van der Waals surface area contributed by atoms with Crippen LogP contribution in [0, 0.1) is 0 Å². The SMILES string of the molecule is COCC(CCO)NCC(O)COc1cc(Cl)ccc1Cl. The summed E-state index contributed by atoms with van der Waals surface area (Å²) in [4.78, 5) is 0. The molecular formula is C14H21Cl2NO4. The third kappa shape index (κ3) is 7.31. The number of methoxy groups -OCH3 is 1. The first-order valence-electron chi connectivity index (χ1n) is 6.66. The van der Waals surface area contributed by atoms with E-state index in [-0.39, 0.29) is 19.3 Å². The van der Waals surface area contributed by atoms with Gasteiger partial charge in [0.15, 0.2) is 0 Å². The molecule has 0 saturated heterocycles. The van der Waals surface area contributed by atoms with E-state index in [9.17, 15) is 5.11 Å². The Morgan fingerprint density at radius 1 is 1.29 bits per heavy atom. The number of aliphatic hydroxyl groups excluding tert-OH is 2. The molecule has 0 aliphatic carbocycles. The topological polar surface area (TPSA) is 71.0 Å². The van der Waals surface area contributed by atoms with E-state index < -0.39 is 6.10 Å². The van der Waals surface area contributed by atoms with Crippen molar-refractivity contribution in [3.05, 3.63) is 28.2 Å². The number of ether oxygens (including phenoxy) is 2. The molecule has 0 spiro atoms. The van der Waals surface area contributed by atoms with Gasteiger partial charge in [-0.3, -0.25) is 0 Å². The zero-order chi connectivity index (χ0) is 15.7. The minimum absolute atomic E-state index is 0.00981. The lowest BCUT2D eigenvalue weighted by Crippen LogP contribution is -2.40.